The summed E-state index contributed by atoms with van der Waals surface area (Å²) in [5.74, 6) is 1.45. The Hall–Kier alpha value is -1.80. The van der Waals surface area contributed by atoms with Crippen LogP contribution in [0.15, 0.2) is 54.6 Å². The fourth-order valence-corrected chi connectivity index (χ4v) is 2.52. The Morgan fingerprint density at radius 3 is 2.29 bits per heavy atom. The van der Waals surface area contributed by atoms with Crippen molar-refractivity contribution in [2.45, 2.75) is 26.2 Å². The molecule has 0 aliphatic carbocycles. The zero-order valence-electron chi connectivity index (χ0n) is 13.0. The van der Waals surface area contributed by atoms with E-state index in [1.807, 2.05) is 6.92 Å². The van der Waals surface area contributed by atoms with Crippen LogP contribution in [0.25, 0.3) is 0 Å². The zero-order valence-corrected chi connectivity index (χ0v) is 13.0. The molecule has 1 unspecified atom stereocenters. The highest BCUT2D eigenvalue weighted by Gasteiger charge is 2.11. The zero-order chi connectivity index (χ0) is 14.9. The van der Waals surface area contributed by atoms with E-state index in [1.54, 1.807) is 0 Å². The average Bonchev–Trinajstić information content (AvgIpc) is 2.54. The molecule has 2 rings (SSSR count). The lowest BCUT2D eigenvalue weighted by atomic mass is 9.92. The lowest BCUT2D eigenvalue weighted by Gasteiger charge is -2.18. The summed E-state index contributed by atoms with van der Waals surface area (Å²) in [6, 6.07) is 19.2. The molecule has 21 heavy (non-hydrogen) atoms. The molecular weight excluding hydrogens is 258 g/mol. The van der Waals surface area contributed by atoms with Crippen LogP contribution >= 0.6 is 0 Å². The van der Waals surface area contributed by atoms with Crippen LogP contribution in [0.5, 0.6) is 5.75 Å². The van der Waals surface area contributed by atoms with Gasteiger partial charge in [0.2, 0.25) is 0 Å². The Morgan fingerprint density at radius 2 is 1.67 bits per heavy atom. The topological polar surface area (TPSA) is 21.3 Å². The summed E-state index contributed by atoms with van der Waals surface area (Å²) in [6.45, 7) is 6.89. The van der Waals surface area contributed by atoms with Crippen LogP contribution in [0.4, 0.5) is 0 Å². The van der Waals surface area contributed by atoms with Crippen molar-refractivity contribution in [3.05, 3.63) is 65.7 Å². The van der Waals surface area contributed by atoms with Crippen molar-refractivity contribution in [3.8, 4) is 5.75 Å². The van der Waals surface area contributed by atoms with E-state index in [-0.39, 0.29) is 0 Å². The lowest BCUT2D eigenvalue weighted by molar-refractivity contribution is 0.340. The van der Waals surface area contributed by atoms with Crippen molar-refractivity contribution in [1.29, 1.82) is 0 Å². The molecule has 0 aliphatic rings. The SMILES string of the molecule is CCNCC(Cc1ccc(OCC)cc1)c1ccccc1. The first-order valence-corrected chi connectivity index (χ1v) is 7.80. The summed E-state index contributed by atoms with van der Waals surface area (Å²) in [4.78, 5) is 0. The van der Waals surface area contributed by atoms with Crippen LogP contribution in [-0.4, -0.2) is 19.7 Å². The standard InChI is InChI=1S/C19H25NO/c1-3-20-15-18(17-8-6-5-7-9-17)14-16-10-12-19(13-11-16)21-4-2/h5-13,18,20H,3-4,14-15H2,1-2H3. The first-order chi connectivity index (χ1) is 10.3. The second-order valence-electron chi connectivity index (χ2n) is 5.20. The molecule has 2 nitrogen and oxygen atoms in total. The lowest BCUT2D eigenvalue weighted by Crippen LogP contribution is -2.22. The molecule has 0 bridgehead atoms. The van der Waals surface area contributed by atoms with Gasteiger partial charge in [0.05, 0.1) is 6.61 Å². The van der Waals surface area contributed by atoms with Gasteiger partial charge >= 0.3 is 0 Å². The van der Waals surface area contributed by atoms with Gasteiger partial charge in [0.15, 0.2) is 0 Å². The summed E-state index contributed by atoms with van der Waals surface area (Å²) in [5, 5.41) is 3.47. The van der Waals surface area contributed by atoms with Crippen molar-refractivity contribution in [1.82, 2.24) is 5.32 Å². The van der Waals surface area contributed by atoms with Crippen molar-refractivity contribution in [2.24, 2.45) is 0 Å². The summed E-state index contributed by atoms with van der Waals surface area (Å²) >= 11 is 0. The quantitative estimate of drug-likeness (QED) is 0.790. The van der Waals surface area contributed by atoms with E-state index in [9.17, 15) is 0 Å². The first kappa shape index (κ1) is 15.6. The minimum absolute atomic E-state index is 0.504. The van der Waals surface area contributed by atoms with E-state index in [0.29, 0.717) is 12.5 Å². The fraction of sp³-hybridized carbons (Fsp3) is 0.368. The fourth-order valence-electron chi connectivity index (χ4n) is 2.52. The number of ether oxygens (including phenoxy) is 1. The Kier molecular flexibility index (Phi) is 6.29. The van der Waals surface area contributed by atoms with Crippen LogP contribution in [0, 0.1) is 0 Å². The third kappa shape index (κ3) is 4.91. The number of rotatable bonds is 8. The highest BCUT2D eigenvalue weighted by atomic mass is 16.5. The van der Waals surface area contributed by atoms with Gasteiger partial charge in [0.1, 0.15) is 5.75 Å². The predicted octanol–water partition coefficient (Wildman–Crippen LogP) is 4.02. The Morgan fingerprint density at radius 1 is 0.952 bits per heavy atom. The van der Waals surface area contributed by atoms with Crippen molar-refractivity contribution in [2.75, 3.05) is 19.7 Å². The molecule has 1 atom stereocenters. The van der Waals surface area contributed by atoms with Gasteiger partial charge in [-0.05, 0) is 43.1 Å². The maximum Gasteiger partial charge on any atom is 0.119 e. The van der Waals surface area contributed by atoms with Crippen LogP contribution in [0.1, 0.15) is 30.9 Å². The molecular formula is C19H25NO. The van der Waals surface area contributed by atoms with Crippen molar-refractivity contribution < 1.29 is 4.74 Å². The van der Waals surface area contributed by atoms with Gasteiger partial charge in [0, 0.05) is 12.5 Å². The second-order valence-corrected chi connectivity index (χ2v) is 5.20. The molecule has 0 aromatic heterocycles. The minimum Gasteiger partial charge on any atom is -0.494 e. The molecule has 2 heteroatoms. The molecule has 0 radical (unpaired) electrons. The van der Waals surface area contributed by atoms with Gasteiger partial charge < -0.3 is 10.1 Å². The Labute approximate surface area is 128 Å². The molecule has 0 amide bonds. The Balaban J connectivity index is 2.07. The predicted molar refractivity (Wildman–Crippen MR) is 89.0 cm³/mol. The van der Waals surface area contributed by atoms with Crippen LogP contribution in [-0.2, 0) is 6.42 Å². The van der Waals surface area contributed by atoms with Crippen LogP contribution in [0.2, 0.25) is 0 Å². The van der Waals surface area contributed by atoms with Gasteiger partial charge in [0.25, 0.3) is 0 Å². The molecule has 1 N–H and O–H groups in total. The highest BCUT2D eigenvalue weighted by molar-refractivity contribution is 5.30. The van der Waals surface area contributed by atoms with Crippen LogP contribution < -0.4 is 10.1 Å². The van der Waals surface area contributed by atoms with E-state index in [1.165, 1.54) is 11.1 Å². The minimum atomic E-state index is 0.504. The average molecular weight is 283 g/mol. The number of likely N-dealkylation sites (N-methyl/N-ethyl adjacent to an activating group) is 1. The molecule has 2 aromatic rings. The molecule has 0 spiro atoms. The maximum atomic E-state index is 5.50. The van der Waals surface area contributed by atoms with Gasteiger partial charge in [-0.3, -0.25) is 0 Å². The van der Waals surface area contributed by atoms with Crippen LogP contribution in [0.3, 0.4) is 0 Å². The first-order valence-electron chi connectivity index (χ1n) is 7.80. The number of benzene rings is 2. The largest absolute Gasteiger partial charge is 0.494 e. The van der Waals surface area contributed by atoms with Crippen molar-refractivity contribution in [3.63, 3.8) is 0 Å². The summed E-state index contributed by atoms with van der Waals surface area (Å²) < 4.78 is 5.50. The number of nitrogens with one attached hydrogen (secondary N) is 1. The monoisotopic (exact) mass is 283 g/mol. The van der Waals surface area contributed by atoms with E-state index < -0.39 is 0 Å². The Bertz CT molecular complexity index is 507. The molecule has 0 saturated carbocycles. The van der Waals surface area contributed by atoms with E-state index in [2.05, 4.69) is 66.8 Å². The molecule has 2 aromatic carbocycles. The van der Waals surface area contributed by atoms with Gasteiger partial charge in [-0.2, -0.15) is 0 Å². The van der Waals surface area contributed by atoms with Gasteiger partial charge in [-0.15, -0.1) is 0 Å². The van der Waals surface area contributed by atoms with E-state index >= 15 is 0 Å². The number of hydrogen-bond donors (Lipinski definition) is 1. The third-order valence-corrected chi connectivity index (χ3v) is 3.63. The smallest absolute Gasteiger partial charge is 0.119 e. The molecule has 0 heterocycles. The summed E-state index contributed by atoms with van der Waals surface area (Å²) in [5.41, 5.74) is 2.75. The molecule has 0 saturated heterocycles. The highest BCUT2D eigenvalue weighted by Crippen LogP contribution is 2.22. The third-order valence-electron chi connectivity index (χ3n) is 3.63. The van der Waals surface area contributed by atoms with Crippen molar-refractivity contribution >= 4 is 0 Å². The number of hydrogen-bond acceptors (Lipinski definition) is 2. The van der Waals surface area contributed by atoms with Gasteiger partial charge in [-0.1, -0.05) is 49.4 Å². The van der Waals surface area contributed by atoms with E-state index in [4.69, 9.17) is 4.74 Å². The second kappa shape index (κ2) is 8.48. The van der Waals surface area contributed by atoms with E-state index in [0.717, 1.165) is 25.3 Å². The summed E-state index contributed by atoms with van der Waals surface area (Å²) in [7, 11) is 0. The normalized spacial score (nSPS) is 12.1. The molecule has 112 valence electrons. The van der Waals surface area contributed by atoms with Gasteiger partial charge in [-0.25, -0.2) is 0 Å². The molecule has 0 aliphatic heterocycles. The maximum absolute atomic E-state index is 5.50. The molecule has 0 fully saturated rings. The summed E-state index contributed by atoms with van der Waals surface area (Å²) in [6.07, 6.45) is 1.05.